The zero-order valence-electron chi connectivity index (χ0n) is 12.7. The summed E-state index contributed by atoms with van der Waals surface area (Å²) in [5.41, 5.74) is 3.36. The van der Waals surface area contributed by atoms with Crippen LogP contribution in [0.2, 0.25) is 0 Å². The third kappa shape index (κ3) is 4.07. The topological polar surface area (TPSA) is 41.1 Å². The summed E-state index contributed by atoms with van der Waals surface area (Å²) < 4.78 is 0. The Bertz CT molecular complexity index is 454. The van der Waals surface area contributed by atoms with Gasteiger partial charge in [0.15, 0.2) is 0 Å². The first kappa shape index (κ1) is 15.0. The van der Waals surface area contributed by atoms with Crippen molar-refractivity contribution in [3.05, 3.63) is 34.9 Å². The quantitative estimate of drug-likeness (QED) is 0.783. The molecule has 2 N–H and O–H groups in total. The van der Waals surface area contributed by atoms with Crippen molar-refractivity contribution >= 4 is 5.91 Å². The molecule has 1 aliphatic rings. The lowest BCUT2D eigenvalue weighted by Gasteiger charge is -2.20. The minimum Gasteiger partial charge on any atom is -0.352 e. The normalized spacial score (nSPS) is 14.2. The van der Waals surface area contributed by atoms with Gasteiger partial charge in [0.1, 0.15) is 0 Å². The molecule has 0 saturated heterocycles. The van der Waals surface area contributed by atoms with Crippen molar-refractivity contribution in [2.45, 2.75) is 46.1 Å². The molecule has 1 aromatic rings. The summed E-state index contributed by atoms with van der Waals surface area (Å²) in [4.78, 5) is 12.3. The number of amides is 1. The van der Waals surface area contributed by atoms with E-state index in [1.54, 1.807) is 0 Å². The van der Waals surface area contributed by atoms with Crippen LogP contribution in [0.3, 0.4) is 0 Å². The third-order valence-corrected chi connectivity index (χ3v) is 3.88. The van der Waals surface area contributed by atoms with Crippen LogP contribution in [0.4, 0.5) is 0 Å². The van der Waals surface area contributed by atoms with Crippen molar-refractivity contribution < 1.29 is 4.79 Å². The van der Waals surface area contributed by atoms with E-state index in [9.17, 15) is 4.79 Å². The molecule has 1 amide bonds. The summed E-state index contributed by atoms with van der Waals surface area (Å²) in [5, 5.41) is 6.41. The molecule has 0 aromatic heterocycles. The lowest BCUT2D eigenvalue weighted by atomic mass is 9.95. The van der Waals surface area contributed by atoms with Gasteiger partial charge >= 0.3 is 0 Å². The van der Waals surface area contributed by atoms with E-state index >= 15 is 0 Å². The van der Waals surface area contributed by atoms with Gasteiger partial charge in [-0.25, -0.2) is 0 Å². The van der Waals surface area contributed by atoms with Crippen molar-refractivity contribution in [1.29, 1.82) is 0 Å². The number of fused-ring (bicyclic) bond motifs is 1. The summed E-state index contributed by atoms with van der Waals surface area (Å²) in [7, 11) is 0. The molecule has 0 aliphatic carbocycles. The van der Waals surface area contributed by atoms with Crippen molar-refractivity contribution in [2.75, 3.05) is 13.1 Å². The molecule has 0 fully saturated rings. The van der Waals surface area contributed by atoms with E-state index in [1.807, 2.05) is 12.1 Å². The van der Waals surface area contributed by atoms with E-state index in [1.165, 1.54) is 24.0 Å². The van der Waals surface area contributed by atoms with Crippen LogP contribution in [-0.2, 0) is 13.0 Å². The average molecular weight is 274 g/mol. The van der Waals surface area contributed by atoms with Gasteiger partial charge in [0.2, 0.25) is 0 Å². The highest BCUT2D eigenvalue weighted by molar-refractivity contribution is 5.96. The van der Waals surface area contributed by atoms with E-state index in [4.69, 9.17) is 0 Å². The fraction of sp³-hybridized carbons (Fsp3) is 0.588. The van der Waals surface area contributed by atoms with Gasteiger partial charge in [-0.3, -0.25) is 4.79 Å². The van der Waals surface area contributed by atoms with Crippen LogP contribution >= 0.6 is 0 Å². The number of hydrogen-bond acceptors (Lipinski definition) is 2. The summed E-state index contributed by atoms with van der Waals surface area (Å²) in [6.45, 7) is 7.11. The lowest BCUT2D eigenvalue weighted by Crippen LogP contribution is -2.30. The highest BCUT2D eigenvalue weighted by Gasteiger charge is 2.16. The number of carbonyl (C=O) groups is 1. The maximum Gasteiger partial charge on any atom is 0.251 e. The average Bonchev–Trinajstić information content (AvgIpc) is 2.45. The fourth-order valence-corrected chi connectivity index (χ4v) is 2.72. The number of hydrogen-bond donors (Lipinski definition) is 2. The maximum absolute atomic E-state index is 12.3. The number of benzene rings is 1. The molecule has 1 aliphatic heterocycles. The Morgan fingerprint density at radius 3 is 3.00 bits per heavy atom. The van der Waals surface area contributed by atoms with Crippen LogP contribution in [-0.4, -0.2) is 19.0 Å². The molecule has 20 heavy (non-hydrogen) atoms. The first-order valence-corrected chi connectivity index (χ1v) is 7.78. The van der Waals surface area contributed by atoms with E-state index in [0.29, 0.717) is 0 Å². The van der Waals surface area contributed by atoms with Crippen molar-refractivity contribution in [3.8, 4) is 0 Å². The molecule has 0 bridgehead atoms. The third-order valence-electron chi connectivity index (χ3n) is 3.88. The van der Waals surface area contributed by atoms with Gasteiger partial charge in [-0.15, -0.1) is 0 Å². The lowest BCUT2D eigenvalue weighted by molar-refractivity contribution is 0.0951. The zero-order chi connectivity index (χ0) is 14.4. The summed E-state index contributed by atoms with van der Waals surface area (Å²) in [5.74, 6) is 0.840. The van der Waals surface area contributed by atoms with Crippen LogP contribution in [0.25, 0.3) is 0 Å². The van der Waals surface area contributed by atoms with Gasteiger partial charge in [0, 0.05) is 18.7 Å². The fourth-order valence-electron chi connectivity index (χ4n) is 2.72. The molecular weight excluding hydrogens is 248 g/mol. The predicted octanol–water partition coefficient (Wildman–Crippen LogP) is 2.89. The molecule has 3 nitrogen and oxygen atoms in total. The first-order valence-electron chi connectivity index (χ1n) is 7.78. The van der Waals surface area contributed by atoms with E-state index in [0.717, 1.165) is 44.0 Å². The molecule has 0 spiro atoms. The van der Waals surface area contributed by atoms with Crippen LogP contribution in [0.15, 0.2) is 18.2 Å². The Kier molecular flexibility index (Phi) is 5.60. The van der Waals surface area contributed by atoms with Crippen molar-refractivity contribution in [3.63, 3.8) is 0 Å². The predicted molar refractivity (Wildman–Crippen MR) is 82.9 cm³/mol. The van der Waals surface area contributed by atoms with Gasteiger partial charge in [-0.2, -0.15) is 0 Å². The molecule has 2 rings (SSSR count). The molecule has 1 aromatic carbocycles. The Morgan fingerprint density at radius 1 is 1.35 bits per heavy atom. The van der Waals surface area contributed by atoms with Gasteiger partial charge in [0.05, 0.1) is 0 Å². The maximum atomic E-state index is 12.3. The summed E-state index contributed by atoms with van der Waals surface area (Å²) in [6.07, 6.45) is 4.45. The van der Waals surface area contributed by atoms with Gasteiger partial charge in [0.25, 0.3) is 5.91 Å². The standard InChI is InChI=1S/C17H26N2O/c1-13(2)6-3-4-10-19-17(20)16-8-5-7-14-12-18-11-9-15(14)16/h5,7-8,13,18H,3-4,6,9-12H2,1-2H3,(H,19,20). The second kappa shape index (κ2) is 7.44. The monoisotopic (exact) mass is 274 g/mol. The zero-order valence-corrected chi connectivity index (χ0v) is 12.7. The Balaban J connectivity index is 1.86. The second-order valence-electron chi connectivity index (χ2n) is 6.02. The SMILES string of the molecule is CC(C)CCCCNC(=O)c1cccc2c1CCNC2. The highest BCUT2D eigenvalue weighted by Crippen LogP contribution is 2.18. The van der Waals surface area contributed by atoms with Crippen LogP contribution in [0.5, 0.6) is 0 Å². The van der Waals surface area contributed by atoms with Crippen molar-refractivity contribution in [2.24, 2.45) is 5.92 Å². The molecule has 0 radical (unpaired) electrons. The van der Waals surface area contributed by atoms with Crippen LogP contribution in [0, 0.1) is 5.92 Å². The number of carbonyl (C=O) groups excluding carboxylic acids is 1. The molecule has 3 heteroatoms. The Labute approximate surface area is 122 Å². The van der Waals surface area contributed by atoms with E-state index in [2.05, 4.69) is 30.5 Å². The highest BCUT2D eigenvalue weighted by atomic mass is 16.1. The van der Waals surface area contributed by atoms with E-state index < -0.39 is 0 Å². The molecule has 0 unspecified atom stereocenters. The smallest absolute Gasteiger partial charge is 0.251 e. The van der Waals surface area contributed by atoms with E-state index in [-0.39, 0.29) is 5.91 Å². The minimum atomic E-state index is 0.0910. The molecule has 0 atom stereocenters. The minimum absolute atomic E-state index is 0.0910. The Hall–Kier alpha value is -1.35. The first-order chi connectivity index (χ1) is 9.68. The van der Waals surface area contributed by atoms with Crippen molar-refractivity contribution in [1.82, 2.24) is 10.6 Å². The molecule has 110 valence electrons. The molecule has 1 heterocycles. The van der Waals surface area contributed by atoms with Crippen LogP contribution in [0.1, 0.15) is 54.6 Å². The second-order valence-corrected chi connectivity index (χ2v) is 6.02. The van der Waals surface area contributed by atoms with Gasteiger partial charge in [-0.1, -0.05) is 38.8 Å². The Morgan fingerprint density at radius 2 is 2.20 bits per heavy atom. The molecule has 0 saturated carbocycles. The number of unbranched alkanes of at least 4 members (excludes halogenated alkanes) is 1. The van der Waals surface area contributed by atoms with Crippen LogP contribution < -0.4 is 10.6 Å². The number of nitrogens with one attached hydrogen (secondary N) is 2. The van der Waals surface area contributed by atoms with Gasteiger partial charge < -0.3 is 10.6 Å². The molecular formula is C17H26N2O. The summed E-state index contributed by atoms with van der Waals surface area (Å²) in [6, 6.07) is 6.05. The van der Waals surface area contributed by atoms with Gasteiger partial charge in [-0.05, 0) is 42.5 Å². The summed E-state index contributed by atoms with van der Waals surface area (Å²) >= 11 is 0. The largest absolute Gasteiger partial charge is 0.352 e. The number of rotatable bonds is 6.